The zero-order chi connectivity index (χ0) is 21.7. The second-order valence-electron chi connectivity index (χ2n) is 13.5. The second-order valence-corrected chi connectivity index (χ2v) is 13.5. The molecule has 5 aliphatic carbocycles. The van der Waals surface area contributed by atoms with Crippen LogP contribution < -0.4 is 0 Å². The highest BCUT2D eigenvalue weighted by Crippen LogP contribution is 2.89. The van der Waals surface area contributed by atoms with Crippen LogP contribution in [0.15, 0.2) is 0 Å². The number of hydrogen-bond donors (Lipinski definition) is 3. The first-order valence-corrected chi connectivity index (χ1v) is 13.0. The van der Waals surface area contributed by atoms with E-state index in [1.54, 1.807) is 0 Å². The Morgan fingerprint density at radius 3 is 2.23 bits per heavy atom. The molecular formula is C27H46O3. The highest BCUT2D eigenvalue weighted by molar-refractivity contribution is 5.31. The van der Waals surface area contributed by atoms with Crippen LogP contribution in [0, 0.1) is 50.7 Å². The highest BCUT2D eigenvalue weighted by Gasteiger charge is 2.82. The van der Waals surface area contributed by atoms with E-state index in [0.717, 1.165) is 31.6 Å². The van der Waals surface area contributed by atoms with Gasteiger partial charge in [-0.25, -0.2) is 0 Å². The minimum absolute atomic E-state index is 0.0465. The van der Waals surface area contributed by atoms with E-state index in [9.17, 15) is 15.3 Å². The topological polar surface area (TPSA) is 60.7 Å². The summed E-state index contributed by atoms with van der Waals surface area (Å²) in [4.78, 5) is 0. The smallest absolute Gasteiger partial charge is 0.0594 e. The van der Waals surface area contributed by atoms with Gasteiger partial charge in [-0.1, -0.05) is 34.6 Å². The third-order valence-corrected chi connectivity index (χ3v) is 12.6. The monoisotopic (exact) mass is 418 g/mol. The largest absolute Gasteiger partial charge is 0.396 e. The van der Waals surface area contributed by atoms with E-state index in [4.69, 9.17) is 0 Å². The molecule has 5 saturated carbocycles. The Balaban J connectivity index is 1.48. The summed E-state index contributed by atoms with van der Waals surface area (Å²) in [5.41, 5.74) is 1.42. The van der Waals surface area contributed by atoms with Crippen LogP contribution in [0.3, 0.4) is 0 Å². The molecule has 3 nitrogen and oxygen atoms in total. The quantitative estimate of drug-likeness (QED) is 0.590. The molecule has 5 aliphatic rings. The molecule has 0 aromatic heterocycles. The number of rotatable bonds is 4. The van der Waals surface area contributed by atoms with Crippen molar-refractivity contribution in [2.75, 3.05) is 6.61 Å². The summed E-state index contributed by atoms with van der Waals surface area (Å²) < 4.78 is 0. The van der Waals surface area contributed by atoms with Crippen molar-refractivity contribution in [2.45, 2.75) is 111 Å². The first-order chi connectivity index (χ1) is 14.0. The van der Waals surface area contributed by atoms with Gasteiger partial charge >= 0.3 is 0 Å². The molecule has 0 aliphatic heterocycles. The molecule has 0 amide bonds. The molecule has 172 valence electrons. The van der Waals surface area contributed by atoms with Crippen LogP contribution in [0.25, 0.3) is 0 Å². The van der Waals surface area contributed by atoms with Gasteiger partial charge < -0.3 is 15.3 Å². The summed E-state index contributed by atoms with van der Waals surface area (Å²) in [6.45, 7) is 12.3. The van der Waals surface area contributed by atoms with Gasteiger partial charge in [-0.15, -0.1) is 0 Å². The molecule has 0 aromatic carbocycles. The summed E-state index contributed by atoms with van der Waals surface area (Å²) >= 11 is 0. The zero-order valence-corrected chi connectivity index (χ0v) is 20.1. The lowest BCUT2D eigenvalue weighted by Gasteiger charge is -2.63. The number of fused-ring (bicyclic) bond motifs is 2. The van der Waals surface area contributed by atoms with Crippen molar-refractivity contribution in [3.05, 3.63) is 0 Å². The molecule has 5 fully saturated rings. The van der Waals surface area contributed by atoms with Gasteiger partial charge in [0.1, 0.15) is 0 Å². The maximum Gasteiger partial charge on any atom is 0.0594 e. The predicted octanol–water partition coefficient (Wildman–Crippen LogP) is 5.17. The minimum Gasteiger partial charge on any atom is -0.396 e. The van der Waals surface area contributed by atoms with Crippen LogP contribution in [0.4, 0.5) is 0 Å². The van der Waals surface area contributed by atoms with Gasteiger partial charge in [-0.05, 0) is 115 Å². The summed E-state index contributed by atoms with van der Waals surface area (Å²) in [7, 11) is 0. The SMILES string of the molecule is CC(CCCO)C1C(O)CC2(C)C3CCC4C(C)(C)C(O)CCC45CC35CCC12C. The Morgan fingerprint density at radius 1 is 0.867 bits per heavy atom. The molecular weight excluding hydrogens is 372 g/mol. The average molecular weight is 419 g/mol. The van der Waals surface area contributed by atoms with Crippen LogP contribution in [-0.2, 0) is 0 Å². The maximum absolute atomic E-state index is 11.4. The number of aliphatic hydroxyl groups excluding tert-OH is 3. The first-order valence-electron chi connectivity index (χ1n) is 13.0. The molecule has 0 saturated heterocycles. The van der Waals surface area contributed by atoms with Crippen LogP contribution in [0.1, 0.15) is 98.8 Å². The number of aliphatic hydroxyl groups is 3. The van der Waals surface area contributed by atoms with Gasteiger partial charge in [0.25, 0.3) is 0 Å². The summed E-state index contributed by atoms with van der Waals surface area (Å²) in [6.07, 6.45) is 11.3. The molecule has 10 unspecified atom stereocenters. The van der Waals surface area contributed by atoms with E-state index in [1.807, 2.05) is 0 Å². The van der Waals surface area contributed by atoms with Crippen LogP contribution >= 0.6 is 0 Å². The second kappa shape index (κ2) is 6.48. The molecule has 0 aromatic rings. The zero-order valence-electron chi connectivity index (χ0n) is 20.1. The van der Waals surface area contributed by atoms with Gasteiger partial charge in [-0.2, -0.15) is 0 Å². The Morgan fingerprint density at radius 2 is 1.53 bits per heavy atom. The Bertz CT molecular complexity index is 704. The van der Waals surface area contributed by atoms with Crippen LogP contribution in [0.2, 0.25) is 0 Å². The van der Waals surface area contributed by atoms with Gasteiger partial charge in [0.05, 0.1) is 12.2 Å². The summed E-state index contributed by atoms with van der Waals surface area (Å²) in [5.74, 6) is 2.24. The lowest BCUT2D eigenvalue weighted by molar-refractivity contribution is -0.161. The fraction of sp³-hybridized carbons (Fsp3) is 1.00. The minimum atomic E-state index is -0.194. The molecule has 10 atom stereocenters. The lowest BCUT2D eigenvalue weighted by Crippen LogP contribution is -2.57. The standard InChI is InChI=1S/C27H46O3/c1-17(7-6-14-28)22-18(29)15-25(5)20-9-8-19-23(2,3)21(30)10-11-26(19)16-27(20,26)13-12-24(22,25)4/h17-22,28-30H,6-16H2,1-5H3. The molecule has 3 N–H and O–H groups in total. The molecule has 3 heteroatoms. The first kappa shape index (κ1) is 21.7. The van der Waals surface area contributed by atoms with Crippen molar-refractivity contribution < 1.29 is 15.3 Å². The third kappa shape index (κ3) is 2.34. The molecule has 5 rings (SSSR count). The maximum atomic E-state index is 11.4. The van der Waals surface area contributed by atoms with Crippen molar-refractivity contribution in [3.63, 3.8) is 0 Å². The Labute approximate surface area is 184 Å². The van der Waals surface area contributed by atoms with Gasteiger partial charge in [-0.3, -0.25) is 0 Å². The Kier molecular flexibility index (Phi) is 4.69. The summed E-state index contributed by atoms with van der Waals surface area (Å²) in [6, 6.07) is 0. The van der Waals surface area contributed by atoms with Crippen molar-refractivity contribution >= 4 is 0 Å². The van der Waals surface area contributed by atoms with Gasteiger partial charge in [0.15, 0.2) is 0 Å². The van der Waals surface area contributed by atoms with E-state index >= 15 is 0 Å². The van der Waals surface area contributed by atoms with Crippen LogP contribution in [-0.4, -0.2) is 34.1 Å². The van der Waals surface area contributed by atoms with E-state index in [-0.39, 0.29) is 35.1 Å². The predicted molar refractivity (Wildman–Crippen MR) is 120 cm³/mol. The highest BCUT2D eigenvalue weighted by atomic mass is 16.3. The van der Waals surface area contributed by atoms with Crippen LogP contribution in [0.5, 0.6) is 0 Å². The lowest BCUT2D eigenvalue weighted by atomic mass is 9.41. The summed E-state index contributed by atoms with van der Waals surface area (Å²) in [5, 5.41) is 31.5. The average Bonchev–Trinajstić information content (AvgIpc) is 3.29. The number of hydrogen-bond acceptors (Lipinski definition) is 3. The van der Waals surface area contributed by atoms with E-state index in [2.05, 4.69) is 34.6 Å². The molecule has 0 heterocycles. The third-order valence-electron chi connectivity index (χ3n) is 12.6. The van der Waals surface area contributed by atoms with Crippen molar-refractivity contribution in [1.29, 1.82) is 0 Å². The van der Waals surface area contributed by atoms with Crippen molar-refractivity contribution in [2.24, 2.45) is 50.7 Å². The van der Waals surface area contributed by atoms with E-state index < -0.39 is 0 Å². The molecule has 0 radical (unpaired) electrons. The van der Waals surface area contributed by atoms with E-state index in [0.29, 0.717) is 28.6 Å². The van der Waals surface area contributed by atoms with Crippen molar-refractivity contribution in [1.82, 2.24) is 0 Å². The fourth-order valence-electron chi connectivity index (χ4n) is 11.1. The fourth-order valence-corrected chi connectivity index (χ4v) is 11.1. The van der Waals surface area contributed by atoms with Gasteiger partial charge in [0, 0.05) is 6.61 Å². The van der Waals surface area contributed by atoms with E-state index in [1.165, 1.54) is 38.5 Å². The molecule has 2 spiro atoms. The molecule has 30 heavy (non-hydrogen) atoms. The van der Waals surface area contributed by atoms with Crippen molar-refractivity contribution in [3.8, 4) is 0 Å². The van der Waals surface area contributed by atoms with Gasteiger partial charge in [0.2, 0.25) is 0 Å². The molecule has 0 bridgehead atoms. The Hall–Kier alpha value is -0.120. The normalized spacial score (nSPS) is 57.0.